The van der Waals surface area contributed by atoms with Gasteiger partial charge in [-0.2, -0.15) is 0 Å². The Morgan fingerprint density at radius 3 is 2.83 bits per heavy atom. The first-order valence-corrected chi connectivity index (χ1v) is 6.70. The molecule has 0 fully saturated rings. The molecule has 1 heterocycles. The normalized spacial score (nSPS) is 10.5. The van der Waals surface area contributed by atoms with E-state index in [9.17, 15) is 0 Å². The standard InChI is InChI=1S/C14H17NO2S/c1-16-14-5-4-11(9-13(14)15)10-17-7-6-12-3-2-8-18-12/h2-5,8-9H,6-7,10,15H2,1H3. The van der Waals surface area contributed by atoms with E-state index in [1.54, 1.807) is 18.4 Å². The fraction of sp³-hybridized carbons (Fsp3) is 0.286. The number of anilines is 1. The quantitative estimate of drug-likeness (QED) is 0.643. The molecular formula is C14H17NO2S. The van der Waals surface area contributed by atoms with E-state index in [2.05, 4.69) is 17.5 Å². The number of methoxy groups -OCH3 is 1. The van der Waals surface area contributed by atoms with Crippen molar-refractivity contribution >= 4 is 17.0 Å². The van der Waals surface area contributed by atoms with Gasteiger partial charge in [-0.05, 0) is 29.1 Å². The van der Waals surface area contributed by atoms with Crippen LogP contribution in [0.2, 0.25) is 0 Å². The van der Waals surface area contributed by atoms with Crippen LogP contribution in [0.1, 0.15) is 10.4 Å². The number of nitrogens with two attached hydrogens (primary N) is 1. The van der Waals surface area contributed by atoms with Crippen molar-refractivity contribution in [3.05, 3.63) is 46.2 Å². The third-order valence-electron chi connectivity index (χ3n) is 2.64. The summed E-state index contributed by atoms with van der Waals surface area (Å²) in [6.07, 6.45) is 0.962. The van der Waals surface area contributed by atoms with E-state index >= 15 is 0 Å². The smallest absolute Gasteiger partial charge is 0.141 e. The molecule has 0 spiro atoms. The highest BCUT2D eigenvalue weighted by atomic mass is 32.1. The predicted molar refractivity (Wildman–Crippen MR) is 75.1 cm³/mol. The summed E-state index contributed by atoms with van der Waals surface area (Å²) in [5.41, 5.74) is 7.55. The third-order valence-corrected chi connectivity index (χ3v) is 3.57. The van der Waals surface area contributed by atoms with Crippen LogP contribution in [0, 0.1) is 0 Å². The van der Waals surface area contributed by atoms with Gasteiger partial charge in [-0.15, -0.1) is 11.3 Å². The Morgan fingerprint density at radius 1 is 1.28 bits per heavy atom. The minimum absolute atomic E-state index is 0.583. The zero-order chi connectivity index (χ0) is 12.8. The lowest BCUT2D eigenvalue weighted by molar-refractivity contribution is 0.124. The second kappa shape index (κ2) is 6.42. The molecule has 2 N–H and O–H groups in total. The number of ether oxygens (including phenoxy) is 2. The van der Waals surface area contributed by atoms with Crippen molar-refractivity contribution < 1.29 is 9.47 Å². The summed E-state index contributed by atoms with van der Waals surface area (Å²) in [6.45, 7) is 1.31. The van der Waals surface area contributed by atoms with Crippen LogP contribution in [0.25, 0.3) is 0 Å². The summed E-state index contributed by atoms with van der Waals surface area (Å²) in [5, 5.41) is 2.08. The van der Waals surface area contributed by atoms with Crippen LogP contribution in [0.5, 0.6) is 5.75 Å². The monoisotopic (exact) mass is 263 g/mol. The van der Waals surface area contributed by atoms with Crippen molar-refractivity contribution in [3.63, 3.8) is 0 Å². The highest BCUT2D eigenvalue weighted by molar-refractivity contribution is 7.09. The molecule has 2 aromatic rings. The van der Waals surface area contributed by atoms with Gasteiger partial charge in [0.15, 0.2) is 0 Å². The number of rotatable bonds is 6. The lowest BCUT2D eigenvalue weighted by Gasteiger charge is -2.07. The Balaban J connectivity index is 1.78. The number of benzene rings is 1. The highest BCUT2D eigenvalue weighted by Gasteiger charge is 2.01. The van der Waals surface area contributed by atoms with Gasteiger partial charge in [-0.1, -0.05) is 12.1 Å². The Labute approximate surface area is 111 Å². The molecule has 0 radical (unpaired) electrons. The Hall–Kier alpha value is -1.52. The van der Waals surface area contributed by atoms with Gasteiger partial charge < -0.3 is 15.2 Å². The van der Waals surface area contributed by atoms with Crippen molar-refractivity contribution in [2.45, 2.75) is 13.0 Å². The van der Waals surface area contributed by atoms with Gasteiger partial charge in [0, 0.05) is 11.3 Å². The van der Waals surface area contributed by atoms with Crippen LogP contribution in [0.3, 0.4) is 0 Å². The van der Waals surface area contributed by atoms with Crippen molar-refractivity contribution in [2.24, 2.45) is 0 Å². The van der Waals surface area contributed by atoms with Crippen molar-refractivity contribution in [2.75, 3.05) is 19.5 Å². The molecule has 4 heteroatoms. The van der Waals surface area contributed by atoms with Crippen LogP contribution in [-0.4, -0.2) is 13.7 Å². The maximum absolute atomic E-state index is 5.83. The van der Waals surface area contributed by atoms with Crippen molar-refractivity contribution in [3.8, 4) is 5.75 Å². The summed E-state index contributed by atoms with van der Waals surface area (Å²) < 4.78 is 10.7. The van der Waals surface area contributed by atoms with Crippen LogP contribution in [-0.2, 0) is 17.8 Å². The lowest BCUT2D eigenvalue weighted by Crippen LogP contribution is -1.99. The first-order valence-electron chi connectivity index (χ1n) is 5.82. The molecule has 1 aromatic heterocycles. The van der Waals surface area contributed by atoms with Gasteiger partial charge in [-0.3, -0.25) is 0 Å². The molecule has 3 nitrogen and oxygen atoms in total. The van der Waals surface area contributed by atoms with Crippen LogP contribution >= 0.6 is 11.3 Å². The molecule has 0 atom stereocenters. The van der Waals surface area contributed by atoms with E-state index in [4.69, 9.17) is 15.2 Å². The zero-order valence-corrected chi connectivity index (χ0v) is 11.2. The molecule has 0 aliphatic carbocycles. The van der Waals surface area contributed by atoms with Gasteiger partial charge in [0.05, 0.1) is 26.0 Å². The molecule has 0 unspecified atom stereocenters. The van der Waals surface area contributed by atoms with Crippen LogP contribution in [0.15, 0.2) is 35.7 Å². The van der Waals surface area contributed by atoms with Crippen LogP contribution in [0.4, 0.5) is 5.69 Å². The van der Waals surface area contributed by atoms with Gasteiger partial charge in [0.25, 0.3) is 0 Å². The number of hydrogen-bond acceptors (Lipinski definition) is 4. The maximum atomic E-state index is 5.83. The molecule has 96 valence electrons. The number of thiophene rings is 1. The Morgan fingerprint density at radius 2 is 2.17 bits per heavy atom. The topological polar surface area (TPSA) is 44.5 Å². The highest BCUT2D eigenvalue weighted by Crippen LogP contribution is 2.22. The third kappa shape index (κ3) is 3.48. The summed E-state index contributed by atoms with van der Waals surface area (Å²) in [5.74, 6) is 0.706. The Bertz CT molecular complexity index is 483. The molecule has 0 aliphatic rings. The summed E-state index contributed by atoms with van der Waals surface area (Å²) in [6, 6.07) is 9.92. The van der Waals surface area contributed by atoms with Crippen molar-refractivity contribution in [1.82, 2.24) is 0 Å². The number of hydrogen-bond donors (Lipinski definition) is 1. The molecule has 1 aromatic carbocycles. The van der Waals surface area contributed by atoms with Crippen molar-refractivity contribution in [1.29, 1.82) is 0 Å². The first kappa shape index (κ1) is 12.9. The molecule has 18 heavy (non-hydrogen) atoms. The molecular weight excluding hydrogens is 246 g/mol. The summed E-state index contributed by atoms with van der Waals surface area (Å²) in [4.78, 5) is 1.35. The first-order chi connectivity index (χ1) is 8.79. The average molecular weight is 263 g/mol. The molecule has 0 saturated heterocycles. The average Bonchev–Trinajstić information content (AvgIpc) is 2.88. The fourth-order valence-electron chi connectivity index (χ4n) is 1.69. The second-order valence-electron chi connectivity index (χ2n) is 3.96. The van der Waals surface area contributed by atoms with Crippen LogP contribution < -0.4 is 10.5 Å². The molecule has 0 saturated carbocycles. The largest absolute Gasteiger partial charge is 0.495 e. The van der Waals surface area contributed by atoms with Gasteiger partial charge >= 0.3 is 0 Å². The van der Waals surface area contributed by atoms with E-state index in [1.165, 1.54) is 4.88 Å². The minimum atomic E-state index is 0.583. The molecule has 0 amide bonds. The summed E-state index contributed by atoms with van der Waals surface area (Å²) >= 11 is 1.76. The molecule has 2 rings (SSSR count). The Kier molecular flexibility index (Phi) is 4.61. The molecule has 0 aliphatic heterocycles. The summed E-state index contributed by atoms with van der Waals surface area (Å²) in [7, 11) is 1.61. The van der Waals surface area contributed by atoms with E-state index in [1.807, 2.05) is 18.2 Å². The molecule has 0 bridgehead atoms. The van der Waals surface area contributed by atoms with Gasteiger partial charge in [0.2, 0.25) is 0 Å². The minimum Gasteiger partial charge on any atom is -0.495 e. The SMILES string of the molecule is COc1ccc(COCCc2cccs2)cc1N. The van der Waals surface area contributed by atoms with E-state index in [0.717, 1.165) is 18.6 Å². The predicted octanol–water partition coefficient (Wildman–Crippen LogP) is 3.10. The fourth-order valence-corrected chi connectivity index (χ4v) is 2.38. The number of nitrogen functional groups attached to an aromatic ring is 1. The van der Waals surface area contributed by atoms with E-state index < -0.39 is 0 Å². The second-order valence-corrected chi connectivity index (χ2v) is 4.99. The maximum Gasteiger partial charge on any atom is 0.141 e. The zero-order valence-electron chi connectivity index (χ0n) is 10.4. The van der Waals surface area contributed by atoms with Gasteiger partial charge in [0.1, 0.15) is 5.75 Å². The lowest BCUT2D eigenvalue weighted by atomic mass is 10.2. The van der Waals surface area contributed by atoms with Gasteiger partial charge in [-0.25, -0.2) is 0 Å². The van der Waals surface area contributed by atoms with E-state index in [0.29, 0.717) is 18.0 Å². The van der Waals surface area contributed by atoms with E-state index in [-0.39, 0.29) is 0 Å².